The fraction of sp³-hybridized carbons (Fsp3) is 0.842. The molecule has 2 N–H and O–H groups in total. The van der Waals surface area contributed by atoms with Gasteiger partial charge in [-0.1, -0.05) is 25.5 Å². The third-order valence-electron chi connectivity index (χ3n) is 7.73. The molecule has 7 unspecified atom stereocenters. The number of rotatable bonds is 0. The largest absolute Gasteiger partial charge is 0.393 e. The summed E-state index contributed by atoms with van der Waals surface area (Å²) in [6, 6.07) is 0. The molecule has 3 saturated carbocycles. The van der Waals surface area contributed by atoms with E-state index in [4.69, 9.17) is 0 Å². The van der Waals surface area contributed by atoms with Gasteiger partial charge in [0.15, 0.2) is 0 Å². The van der Waals surface area contributed by atoms with E-state index < -0.39 is 0 Å². The van der Waals surface area contributed by atoms with Gasteiger partial charge in [-0.05, 0) is 55.8 Å². The average Bonchev–Trinajstić information content (AvgIpc) is 2.77. The first-order chi connectivity index (χ1) is 10.4. The first-order valence-corrected chi connectivity index (χ1v) is 8.96. The number of fused-ring (bicyclic) bond motifs is 5. The molecule has 0 aliphatic heterocycles. The zero-order valence-corrected chi connectivity index (χ0v) is 13.7. The summed E-state index contributed by atoms with van der Waals surface area (Å²) in [5.41, 5.74) is 1.29. The quantitative estimate of drug-likeness (QED) is 0.677. The molecule has 22 heavy (non-hydrogen) atoms. The van der Waals surface area contributed by atoms with E-state index in [2.05, 4.69) is 19.9 Å². The minimum atomic E-state index is -0.342. The number of allylic oxidation sites excluding steroid dienone is 1. The molecule has 4 aliphatic carbocycles. The van der Waals surface area contributed by atoms with E-state index in [9.17, 15) is 15.0 Å². The molecule has 3 fully saturated rings. The Morgan fingerprint density at radius 3 is 2.68 bits per heavy atom. The highest BCUT2D eigenvalue weighted by Gasteiger charge is 2.59. The van der Waals surface area contributed by atoms with Crippen LogP contribution >= 0.6 is 0 Å². The Kier molecular flexibility index (Phi) is 3.16. The smallest absolute Gasteiger partial charge is 0.139 e. The Morgan fingerprint density at radius 1 is 1.14 bits per heavy atom. The van der Waals surface area contributed by atoms with Crippen molar-refractivity contribution in [3.05, 3.63) is 11.6 Å². The Morgan fingerprint density at radius 2 is 1.91 bits per heavy atom. The van der Waals surface area contributed by atoms with E-state index in [-0.39, 0.29) is 29.0 Å². The van der Waals surface area contributed by atoms with Crippen molar-refractivity contribution >= 4 is 5.78 Å². The Hall–Kier alpha value is -0.670. The maximum atomic E-state index is 12.4. The van der Waals surface area contributed by atoms with Crippen LogP contribution in [0.4, 0.5) is 0 Å². The summed E-state index contributed by atoms with van der Waals surface area (Å²) in [6.45, 7) is 4.46. The molecule has 0 amide bonds. The van der Waals surface area contributed by atoms with E-state index >= 15 is 0 Å². The summed E-state index contributed by atoms with van der Waals surface area (Å²) < 4.78 is 0. The second-order valence-corrected chi connectivity index (χ2v) is 8.72. The molecule has 0 aromatic carbocycles. The van der Waals surface area contributed by atoms with E-state index in [0.29, 0.717) is 24.0 Å². The number of Topliss-reactive ketones (excluding diaryl/α,β-unsaturated/α-hetero) is 1. The molecular formula is C19H28O3. The van der Waals surface area contributed by atoms with Gasteiger partial charge in [-0.15, -0.1) is 0 Å². The second-order valence-electron chi connectivity index (χ2n) is 8.72. The number of hydrogen-bond donors (Lipinski definition) is 2. The van der Waals surface area contributed by atoms with E-state index in [1.807, 2.05) is 0 Å². The molecule has 3 heteroatoms. The summed E-state index contributed by atoms with van der Waals surface area (Å²) >= 11 is 0. The van der Waals surface area contributed by atoms with Crippen LogP contribution in [-0.4, -0.2) is 28.2 Å². The average molecular weight is 304 g/mol. The van der Waals surface area contributed by atoms with Gasteiger partial charge in [0.05, 0.1) is 12.2 Å². The lowest BCUT2D eigenvalue weighted by Gasteiger charge is -2.57. The minimum absolute atomic E-state index is 0.121. The summed E-state index contributed by atoms with van der Waals surface area (Å²) in [7, 11) is 0. The summed E-state index contributed by atoms with van der Waals surface area (Å²) in [5, 5.41) is 20.9. The van der Waals surface area contributed by atoms with Gasteiger partial charge in [0.1, 0.15) is 5.78 Å². The van der Waals surface area contributed by atoms with Gasteiger partial charge in [0.2, 0.25) is 0 Å². The molecule has 0 radical (unpaired) electrons. The van der Waals surface area contributed by atoms with Gasteiger partial charge in [-0.2, -0.15) is 0 Å². The van der Waals surface area contributed by atoms with Crippen LogP contribution in [0, 0.1) is 28.6 Å². The predicted octanol–water partition coefficient (Wildman–Crippen LogP) is 2.85. The van der Waals surface area contributed by atoms with Crippen LogP contribution in [0.15, 0.2) is 11.6 Å². The molecule has 7 atom stereocenters. The third-order valence-corrected chi connectivity index (χ3v) is 7.73. The van der Waals surface area contributed by atoms with Crippen LogP contribution in [0.5, 0.6) is 0 Å². The van der Waals surface area contributed by atoms with Gasteiger partial charge in [-0.3, -0.25) is 4.79 Å². The van der Waals surface area contributed by atoms with Crippen molar-refractivity contribution in [2.24, 2.45) is 28.6 Å². The van der Waals surface area contributed by atoms with Crippen molar-refractivity contribution in [3.8, 4) is 0 Å². The number of ketones is 1. The standard InChI is InChI=1S/C19H28O3/c1-18-7-5-12(20)9-11(18)10-15(21)17-13-3-4-16(22)19(13,2)8-6-14(17)18/h6,11-13,15,17,20-21H,3-5,7-10H2,1-2H3. The van der Waals surface area contributed by atoms with Crippen molar-refractivity contribution in [2.45, 2.75) is 71.0 Å². The van der Waals surface area contributed by atoms with Crippen molar-refractivity contribution < 1.29 is 15.0 Å². The van der Waals surface area contributed by atoms with Crippen molar-refractivity contribution in [1.82, 2.24) is 0 Å². The first kappa shape index (κ1) is 14.9. The molecule has 0 saturated heterocycles. The fourth-order valence-electron chi connectivity index (χ4n) is 6.25. The molecule has 0 aromatic rings. The Balaban J connectivity index is 1.75. The lowest BCUT2D eigenvalue weighted by Crippen LogP contribution is -2.53. The van der Waals surface area contributed by atoms with Crippen LogP contribution in [0.1, 0.15) is 58.8 Å². The summed E-state index contributed by atoms with van der Waals surface area (Å²) in [4.78, 5) is 12.4. The number of carbonyl (C=O) groups is 1. The third kappa shape index (κ3) is 1.78. The topological polar surface area (TPSA) is 57.5 Å². The van der Waals surface area contributed by atoms with E-state index in [0.717, 1.165) is 38.5 Å². The fourth-order valence-corrected chi connectivity index (χ4v) is 6.25. The lowest BCUT2D eigenvalue weighted by atomic mass is 9.48. The number of aliphatic hydroxyl groups is 2. The van der Waals surface area contributed by atoms with Crippen molar-refractivity contribution in [2.75, 3.05) is 0 Å². The molecule has 4 rings (SSSR count). The van der Waals surface area contributed by atoms with Crippen molar-refractivity contribution in [1.29, 1.82) is 0 Å². The van der Waals surface area contributed by atoms with Gasteiger partial charge >= 0.3 is 0 Å². The zero-order chi connectivity index (χ0) is 15.7. The van der Waals surface area contributed by atoms with Crippen LogP contribution < -0.4 is 0 Å². The maximum absolute atomic E-state index is 12.4. The van der Waals surface area contributed by atoms with Crippen LogP contribution in [0.2, 0.25) is 0 Å². The zero-order valence-electron chi connectivity index (χ0n) is 13.7. The van der Waals surface area contributed by atoms with Gasteiger partial charge in [-0.25, -0.2) is 0 Å². The minimum Gasteiger partial charge on any atom is -0.393 e. The molecule has 0 spiro atoms. The molecular weight excluding hydrogens is 276 g/mol. The summed E-state index contributed by atoms with van der Waals surface area (Å²) in [5.74, 6) is 1.27. The molecule has 0 bridgehead atoms. The second kappa shape index (κ2) is 4.67. The predicted molar refractivity (Wildman–Crippen MR) is 84.1 cm³/mol. The first-order valence-electron chi connectivity index (χ1n) is 8.96. The van der Waals surface area contributed by atoms with Crippen LogP contribution in [-0.2, 0) is 4.79 Å². The molecule has 4 aliphatic rings. The van der Waals surface area contributed by atoms with Crippen LogP contribution in [0.3, 0.4) is 0 Å². The van der Waals surface area contributed by atoms with E-state index in [1.165, 1.54) is 5.57 Å². The lowest BCUT2D eigenvalue weighted by molar-refractivity contribution is -0.129. The highest BCUT2D eigenvalue weighted by Crippen LogP contribution is 2.63. The van der Waals surface area contributed by atoms with Gasteiger partial charge in [0, 0.05) is 17.8 Å². The number of hydrogen-bond acceptors (Lipinski definition) is 3. The number of carbonyl (C=O) groups excluding carboxylic acids is 1. The highest BCUT2D eigenvalue weighted by atomic mass is 16.3. The van der Waals surface area contributed by atoms with Gasteiger partial charge < -0.3 is 10.2 Å². The molecule has 0 heterocycles. The Labute approximate surface area is 132 Å². The summed E-state index contributed by atoms with van der Waals surface area (Å²) in [6.07, 6.45) is 7.72. The molecule has 3 nitrogen and oxygen atoms in total. The SMILES string of the molecule is CC12CCC(O)CC1CC(O)C1C2=CCC2(C)C(=O)CCC12. The monoisotopic (exact) mass is 304 g/mol. The number of aliphatic hydroxyl groups excluding tert-OH is 2. The Bertz CT molecular complexity index is 539. The van der Waals surface area contributed by atoms with Crippen LogP contribution in [0.25, 0.3) is 0 Å². The highest BCUT2D eigenvalue weighted by molar-refractivity contribution is 5.87. The van der Waals surface area contributed by atoms with E-state index in [1.54, 1.807) is 0 Å². The molecule has 122 valence electrons. The maximum Gasteiger partial charge on any atom is 0.139 e. The van der Waals surface area contributed by atoms with Crippen molar-refractivity contribution in [3.63, 3.8) is 0 Å². The normalized spacial score (nSPS) is 54.3. The van der Waals surface area contributed by atoms with Gasteiger partial charge in [0.25, 0.3) is 0 Å². The molecule has 0 aromatic heterocycles.